The number of hydrogen-bond acceptors (Lipinski definition) is 3. The average molecular weight is 808 g/mol. The Morgan fingerprint density at radius 2 is 0.710 bits per heavy atom. The van der Waals surface area contributed by atoms with E-state index in [1.54, 1.807) is 0 Å². The molecule has 0 N–H and O–H groups in total. The molecule has 9 aromatic carbocycles. The lowest BCUT2D eigenvalue weighted by Gasteiger charge is -2.12. The maximum absolute atomic E-state index is 5.17. The third-order valence-corrected chi connectivity index (χ3v) is 13.2. The number of benzene rings is 9. The van der Waals surface area contributed by atoms with Gasteiger partial charge >= 0.3 is 0 Å². The van der Waals surface area contributed by atoms with Gasteiger partial charge in [-0.25, -0.2) is 9.97 Å². The van der Waals surface area contributed by atoms with Gasteiger partial charge in [-0.05, 0) is 94.0 Å². The molecule has 0 amide bonds. The molecule has 3 aromatic heterocycles. The van der Waals surface area contributed by atoms with Crippen LogP contribution in [0.1, 0.15) is 0 Å². The molecule has 0 bridgehead atoms. The second-order valence-electron chi connectivity index (χ2n) is 15.8. The zero-order valence-electron chi connectivity index (χ0n) is 33.6. The second kappa shape index (κ2) is 15.0. The van der Waals surface area contributed by atoms with Crippen LogP contribution in [0.25, 0.3) is 115 Å². The van der Waals surface area contributed by atoms with Crippen molar-refractivity contribution in [2.24, 2.45) is 0 Å². The first-order valence-corrected chi connectivity index (χ1v) is 21.8. The molecule has 0 fully saturated rings. The molecule has 290 valence electrons. The molecule has 0 aliphatic carbocycles. The van der Waals surface area contributed by atoms with Crippen molar-refractivity contribution in [2.75, 3.05) is 0 Å². The summed E-state index contributed by atoms with van der Waals surface area (Å²) in [6, 6.07) is 80.4. The Morgan fingerprint density at radius 3 is 1.29 bits per heavy atom. The van der Waals surface area contributed by atoms with Crippen LogP contribution in [0.3, 0.4) is 0 Å². The van der Waals surface area contributed by atoms with Gasteiger partial charge in [-0.1, -0.05) is 164 Å². The van der Waals surface area contributed by atoms with Gasteiger partial charge in [0.2, 0.25) is 0 Å². The smallest absolute Gasteiger partial charge is 0.160 e. The topological polar surface area (TPSA) is 30.7 Å². The van der Waals surface area contributed by atoms with E-state index in [1.807, 2.05) is 29.5 Å². The summed E-state index contributed by atoms with van der Waals surface area (Å²) < 4.78 is 5.02. The van der Waals surface area contributed by atoms with Crippen molar-refractivity contribution in [2.45, 2.75) is 0 Å². The summed E-state index contributed by atoms with van der Waals surface area (Å²) in [5.41, 5.74) is 15.4. The van der Waals surface area contributed by atoms with Gasteiger partial charge < -0.3 is 4.57 Å². The van der Waals surface area contributed by atoms with E-state index < -0.39 is 0 Å². The zero-order chi connectivity index (χ0) is 41.0. The molecular weight excluding hydrogens is 771 g/mol. The largest absolute Gasteiger partial charge is 0.309 e. The molecule has 0 saturated carbocycles. The number of fused-ring (bicyclic) bond motifs is 6. The molecule has 0 aliphatic heterocycles. The summed E-state index contributed by atoms with van der Waals surface area (Å²) in [7, 11) is 0. The fourth-order valence-corrected chi connectivity index (χ4v) is 9.99. The van der Waals surface area contributed by atoms with Crippen LogP contribution in [0.5, 0.6) is 0 Å². The van der Waals surface area contributed by atoms with Crippen molar-refractivity contribution in [3.8, 4) is 73.0 Å². The molecule has 3 nitrogen and oxygen atoms in total. The first-order valence-electron chi connectivity index (χ1n) is 21.0. The minimum atomic E-state index is 0.701. The molecule has 62 heavy (non-hydrogen) atoms. The summed E-state index contributed by atoms with van der Waals surface area (Å²) in [6.45, 7) is 0. The van der Waals surface area contributed by atoms with Crippen molar-refractivity contribution in [3.63, 3.8) is 0 Å². The van der Waals surface area contributed by atoms with Crippen LogP contribution in [0.15, 0.2) is 224 Å². The Morgan fingerprint density at radius 1 is 0.290 bits per heavy atom. The summed E-state index contributed by atoms with van der Waals surface area (Å²) in [5.74, 6) is 0.701. The molecule has 0 radical (unpaired) electrons. The number of hydrogen-bond donors (Lipinski definition) is 0. The van der Waals surface area contributed by atoms with Gasteiger partial charge in [0.1, 0.15) is 0 Å². The van der Waals surface area contributed by atoms with E-state index in [-0.39, 0.29) is 0 Å². The summed E-state index contributed by atoms with van der Waals surface area (Å²) in [5, 5.41) is 5.06. The minimum absolute atomic E-state index is 0.701. The fraction of sp³-hybridized carbons (Fsp3) is 0. The van der Waals surface area contributed by atoms with E-state index in [0.717, 1.165) is 33.8 Å². The van der Waals surface area contributed by atoms with Crippen LogP contribution in [-0.2, 0) is 0 Å². The van der Waals surface area contributed by atoms with E-state index in [0.29, 0.717) is 5.82 Å². The quantitative estimate of drug-likeness (QED) is 0.161. The van der Waals surface area contributed by atoms with Crippen molar-refractivity contribution >= 4 is 53.3 Å². The predicted octanol–water partition coefficient (Wildman–Crippen LogP) is 15.9. The number of rotatable bonds is 7. The molecule has 3 heterocycles. The highest BCUT2D eigenvalue weighted by Gasteiger charge is 2.17. The van der Waals surface area contributed by atoms with Crippen LogP contribution in [-0.4, -0.2) is 14.5 Å². The molecule has 12 rings (SSSR count). The van der Waals surface area contributed by atoms with Crippen molar-refractivity contribution in [1.29, 1.82) is 0 Å². The second-order valence-corrected chi connectivity index (χ2v) is 16.9. The Bertz CT molecular complexity index is 3490. The highest BCUT2D eigenvalue weighted by atomic mass is 32.1. The Hall–Kier alpha value is -7.92. The maximum atomic E-state index is 5.17. The van der Waals surface area contributed by atoms with Gasteiger partial charge in [-0.15, -0.1) is 11.3 Å². The van der Waals surface area contributed by atoms with Gasteiger partial charge in [0.15, 0.2) is 5.82 Å². The van der Waals surface area contributed by atoms with E-state index in [9.17, 15) is 0 Å². The molecule has 0 atom stereocenters. The molecule has 0 aliphatic rings. The maximum Gasteiger partial charge on any atom is 0.160 e. The van der Waals surface area contributed by atoms with Crippen LogP contribution in [0.2, 0.25) is 0 Å². The number of nitrogens with zero attached hydrogens (tertiary/aromatic N) is 3. The third-order valence-electron chi connectivity index (χ3n) is 12.0. The van der Waals surface area contributed by atoms with Crippen molar-refractivity contribution < 1.29 is 0 Å². The first kappa shape index (κ1) is 36.0. The first-order chi connectivity index (χ1) is 30.7. The number of thiophene rings is 1. The summed E-state index contributed by atoms with van der Waals surface area (Å²) >= 11 is 1.85. The van der Waals surface area contributed by atoms with E-state index in [1.165, 1.54) is 75.4 Å². The fourth-order valence-electron chi connectivity index (χ4n) is 8.90. The lowest BCUT2D eigenvalue weighted by atomic mass is 10.00. The average Bonchev–Trinajstić information content (AvgIpc) is 3.89. The Balaban J connectivity index is 0.936. The Kier molecular flexibility index (Phi) is 8.68. The third kappa shape index (κ3) is 6.37. The van der Waals surface area contributed by atoms with Crippen molar-refractivity contribution in [3.05, 3.63) is 224 Å². The SMILES string of the molecule is c1ccc(-c2ccc3c(c2)c2cc(-c4ccccc4)ccc2n3-c2ccc(-c3cc(-c4ccc(-c5ccc6sc7ccccc7c6c5)cc4)nc(-c4ccccc4)n3)cc2)cc1. The lowest BCUT2D eigenvalue weighted by Crippen LogP contribution is -1.97. The predicted molar refractivity (Wildman–Crippen MR) is 262 cm³/mol. The monoisotopic (exact) mass is 807 g/mol. The Labute approximate surface area is 363 Å². The molecular formula is C58H37N3S. The molecule has 0 spiro atoms. The van der Waals surface area contributed by atoms with Gasteiger partial charge in [-0.3, -0.25) is 0 Å². The highest BCUT2D eigenvalue weighted by Crippen LogP contribution is 2.39. The molecule has 12 aromatic rings. The summed E-state index contributed by atoms with van der Waals surface area (Å²) in [6.07, 6.45) is 0. The summed E-state index contributed by atoms with van der Waals surface area (Å²) in [4.78, 5) is 10.3. The van der Waals surface area contributed by atoms with Crippen LogP contribution >= 0.6 is 11.3 Å². The zero-order valence-corrected chi connectivity index (χ0v) is 34.4. The van der Waals surface area contributed by atoms with Crippen LogP contribution in [0, 0.1) is 0 Å². The lowest BCUT2D eigenvalue weighted by molar-refractivity contribution is 1.17. The van der Waals surface area contributed by atoms with Crippen molar-refractivity contribution in [1.82, 2.24) is 14.5 Å². The minimum Gasteiger partial charge on any atom is -0.309 e. The highest BCUT2D eigenvalue weighted by molar-refractivity contribution is 7.25. The van der Waals surface area contributed by atoms with Crippen LogP contribution in [0.4, 0.5) is 0 Å². The normalized spacial score (nSPS) is 11.5. The van der Waals surface area contributed by atoms with E-state index >= 15 is 0 Å². The van der Waals surface area contributed by atoms with Gasteiger partial charge in [0.25, 0.3) is 0 Å². The molecule has 4 heteroatoms. The van der Waals surface area contributed by atoms with Gasteiger partial charge in [0, 0.05) is 53.3 Å². The van der Waals surface area contributed by atoms with E-state index in [4.69, 9.17) is 9.97 Å². The van der Waals surface area contributed by atoms with E-state index in [2.05, 4.69) is 211 Å². The standard InChI is InChI=1S/C58H37N3S/c1-4-12-38(13-5-1)44-26-31-54-49(34-44)50-35-45(39-14-6-2-7-15-39)27-32-55(50)61(54)47-29-24-42(25-30-47)53-37-52(59-58(60-53)43-16-8-3-9-17-43)41-22-20-40(21-23-41)46-28-33-57-51(36-46)48-18-10-11-19-56(48)62-57/h1-37H. The van der Waals surface area contributed by atoms with Gasteiger partial charge in [0.05, 0.1) is 22.4 Å². The molecule has 0 unspecified atom stereocenters. The number of aromatic nitrogens is 3. The van der Waals surface area contributed by atoms with Crippen LogP contribution < -0.4 is 0 Å². The molecule has 0 saturated heterocycles. The van der Waals surface area contributed by atoms with Gasteiger partial charge in [-0.2, -0.15) is 0 Å².